The summed E-state index contributed by atoms with van der Waals surface area (Å²) in [7, 11) is 0. The van der Waals surface area contributed by atoms with Gasteiger partial charge in [0.25, 0.3) is 0 Å². The molecule has 4 heteroatoms. The summed E-state index contributed by atoms with van der Waals surface area (Å²) in [4.78, 5) is 11.8. The fourth-order valence-corrected chi connectivity index (χ4v) is 2.35. The molecule has 0 aliphatic carbocycles. The van der Waals surface area contributed by atoms with Crippen molar-refractivity contribution in [3.8, 4) is 0 Å². The molecule has 0 aromatic carbocycles. The minimum absolute atomic E-state index is 0.154. The molecule has 0 saturated carbocycles. The van der Waals surface area contributed by atoms with Crippen LogP contribution in [0.4, 0.5) is 0 Å². The van der Waals surface area contributed by atoms with Gasteiger partial charge in [-0.2, -0.15) is 0 Å². The maximum atomic E-state index is 11.8. The smallest absolute Gasteiger partial charge is 0.220 e. The van der Waals surface area contributed by atoms with E-state index in [-0.39, 0.29) is 11.5 Å². The lowest BCUT2D eigenvalue weighted by atomic mass is 9.93. The largest absolute Gasteiger partial charge is 0.374 e. The Morgan fingerprint density at radius 2 is 2.06 bits per heavy atom. The molecule has 1 rings (SSSR count). The number of hydrogen-bond acceptors (Lipinski definition) is 3. The predicted molar refractivity (Wildman–Crippen MR) is 73.5 cm³/mol. The summed E-state index contributed by atoms with van der Waals surface area (Å²) in [5.41, 5.74) is -0.265. The van der Waals surface area contributed by atoms with Crippen LogP contribution in [0.25, 0.3) is 0 Å². The summed E-state index contributed by atoms with van der Waals surface area (Å²) >= 11 is 0. The van der Waals surface area contributed by atoms with Crippen LogP contribution in [0.2, 0.25) is 0 Å². The van der Waals surface area contributed by atoms with Crippen LogP contribution in [-0.2, 0) is 9.53 Å². The molecular formula is C14H28N2O2. The normalized spacial score (nSPS) is 17.7. The highest BCUT2D eigenvalue weighted by atomic mass is 16.5. The predicted octanol–water partition coefficient (Wildman–Crippen LogP) is 1.70. The van der Waals surface area contributed by atoms with Crippen molar-refractivity contribution in [2.75, 3.05) is 26.2 Å². The lowest BCUT2D eigenvalue weighted by molar-refractivity contribution is -0.123. The van der Waals surface area contributed by atoms with Gasteiger partial charge >= 0.3 is 0 Å². The van der Waals surface area contributed by atoms with Crippen molar-refractivity contribution in [3.63, 3.8) is 0 Å². The molecule has 0 aromatic rings. The molecule has 1 aliphatic rings. The molecule has 0 aromatic heterocycles. The first kappa shape index (κ1) is 15.4. The fraction of sp³-hybridized carbons (Fsp3) is 0.929. The SMILES string of the molecule is CCOC(C)(C)CNC(=O)CCC1CCNCC1. The molecule has 1 amide bonds. The van der Waals surface area contributed by atoms with E-state index in [4.69, 9.17) is 4.74 Å². The van der Waals surface area contributed by atoms with Crippen molar-refractivity contribution >= 4 is 5.91 Å². The Kier molecular flexibility index (Phi) is 6.65. The van der Waals surface area contributed by atoms with E-state index in [1.165, 1.54) is 12.8 Å². The van der Waals surface area contributed by atoms with Crippen LogP contribution in [0.3, 0.4) is 0 Å². The van der Waals surface area contributed by atoms with Crippen LogP contribution in [-0.4, -0.2) is 37.7 Å². The van der Waals surface area contributed by atoms with Gasteiger partial charge in [0.1, 0.15) is 0 Å². The van der Waals surface area contributed by atoms with Crippen molar-refractivity contribution in [1.29, 1.82) is 0 Å². The number of ether oxygens (including phenoxy) is 1. The van der Waals surface area contributed by atoms with Crippen molar-refractivity contribution in [2.24, 2.45) is 5.92 Å². The van der Waals surface area contributed by atoms with Crippen molar-refractivity contribution in [1.82, 2.24) is 10.6 Å². The molecule has 1 aliphatic heterocycles. The first-order valence-electron chi connectivity index (χ1n) is 7.15. The van der Waals surface area contributed by atoms with Gasteiger partial charge in [-0.3, -0.25) is 4.79 Å². The van der Waals surface area contributed by atoms with Crippen molar-refractivity contribution < 1.29 is 9.53 Å². The van der Waals surface area contributed by atoms with Gasteiger partial charge in [0.05, 0.1) is 5.60 Å². The van der Waals surface area contributed by atoms with Crippen LogP contribution in [0.1, 0.15) is 46.5 Å². The number of carbonyl (C=O) groups excluding carboxylic acids is 1. The van der Waals surface area contributed by atoms with Crippen molar-refractivity contribution in [2.45, 2.75) is 52.1 Å². The van der Waals surface area contributed by atoms with E-state index in [1.807, 2.05) is 20.8 Å². The molecule has 18 heavy (non-hydrogen) atoms. The Morgan fingerprint density at radius 1 is 1.39 bits per heavy atom. The summed E-state index contributed by atoms with van der Waals surface area (Å²) in [6.07, 6.45) is 4.07. The topological polar surface area (TPSA) is 50.4 Å². The van der Waals surface area contributed by atoms with Crippen LogP contribution in [0, 0.1) is 5.92 Å². The molecule has 0 atom stereocenters. The Balaban J connectivity index is 2.13. The van der Waals surface area contributed by atoms with E-state index in [9.17, 15) is 4.79 Å². The standard InChI is InChI=1S/C14H28N2O2/c1-4-18-14(2,3)11-16-13(17)6-5-12-7-9-15-10-8-12/h12,15H,4-11H2,1-3H3,(H,16,17). The fourth-order valence-electron chi connectivity index (χ4n) is 2.35. The van der Waals surface area contributed by atoms with Crippen LogP contribution in [0.15, 0.2) is 0 Å². The second-order valence-electron chi connectivity index (χ2n) is 5.70. The molecule has 1 heterocycles. The summed E-state index contributed by atoms with van der Waals surface area (Å²) < 4.78 is 5.55. The minimum atomic E-state index is -0.265. The second-order valence-corrected chi connectivity index (χ2v) is 5.70. The van der Waals surface area contributed by atoms with Gasteiger partial charge in [-0.1, -0.05) is 0 Å². The number of nitrogens with one attached hydrogen (secondary N) is 2. The lowest BCUT2D eigenvalue weighted by Crippen LogP contribution is -2.40. The maximum Gasteiger partial charge on any atom is 0.220 e. The molecule has 1 saturated heterocycles. The number of rotatable bonds is 7. The third kappa shape index (κ3) is 6.36. The summed E-state index contributed by atoms with van der Waals surface area (Å²) in [5.74, 6) is 0.873. The molecule has 106 valence electrons. The Labute approximate surface area is 111 Å². The third-order valence-electron chi connectivity index (χ3n) is 3.48. The highest BCUT2D eigenvalue weighted by Crippen LogP contribution is 2.17. The van der Waals surface area contributed by atoms with Crippen LogP contribution >= 0.6 is 0 Å². The van der Waals surface area contributed by atoms with Gasteiger partial charge in [0.2, 0.25) is 5.91 Å². The average Bonchev–Trinajstić information content (AvgIpc) is 2.35. The third-order valence-corrected chi connectivity index (χ3v) is 3.48. The van der Waals surface area contributed by atoms with Gasteiger partial charge in [0.15, 0.2) is 0 Å². The van der Waals surface area contributed by atoms with Gasteiger partial charge < -0.3 is 15.4 Å². The van der Waals surface area contributed by atoms with E-state index in [1.54, 1.807) is 0 Å². The molecule has 2 N–H and O–H groups in total. The highest BCUT2D eigenvalue weighted by molar-refractivity contribution is 5.75. The van der Waals surface area contributed by atoms with E-state index < -0.39 is 0 Å². The molecule has 0 bridgehead atoms. The molecule has 0 radical (unpaired) electrons. The summed E-state index contributed by atoms with van der Waals surface area (Å²) in [6.45, 7) is 9.45. The van der Waals surface area contributed by atoms with Gasteiger partial charge in [-0.05, 0) is 59.0 Å². The van der Waals surface area contributed by atoms with Crippen LogP contribution in [0.5, 0.6) is 0 Å². The first-order chi connectivity index (χ1) is 8.53. The zero-order chi connectivity index (χ0) is 13.4. The lowest BCUT2D eigenvalue weighted by Gasteiger charge is -2.25. The zero-order valence-corrected chi connectivity index (χ0v) is 12.1. The summed E-state index contributed by atoms with van der Waals surface area (Å²) in [6, 6.07) is 0. The van der Waals surface area contributed by atoms with E-state index in [0.717, 1.165) is 25.4 Å². The van der Waals surface area contributed by atoms with Crippen LogP contribution < -0.4 is 10.6 Å². The van der Waals surface area contributed by atoms with Crippen molar-refractivity contribution in [3.05, 3.63) is 0 Å². The number of hydrogen-bond donors (Lipinski definition) is 2. The Morgan fingerprint density at radius 3 is 2.67 bits per heavy atom. The molecule has 1 fully saturated rings. The van der Waals surface area contributed by atoms with Gasteiger partial charge in [-0.25, -0.2) is 0 Å². The molecule has 0 spiro atoms. The Hall–Kier alpha value is -0.610. The maximum absolute atomic E-state index is 11.8. The van der Waals surface area contributed by atoms with E-state index in [2.05, 4.69) is 10.6 Å². The molecule has 0 unspecified atom stereocenters. The number of carbonyl (C=O) groups is 1. The number of amides is 1. The highest BCUT2D eigenvalue weighted by Gasteiger charge is 2.19. The second kappa shape index (κ2) is 7.74. The average molecular weight is 256 g/mol. The van der Waals surface area contributed by atoms with E-state index >= 15 is 0 Å². The quantitative estimate of drug-likeness (QED) is 0.729. The molecular weight excluding hydrogens is 228 g/mol. The Bertz CT molecular complexity index is 248. The first-order valence-corrected chi connectivity index (χ1v) is 7.15. The zero-order valence-electron chi connectivity index (χ0n) is 12.1. The minimum Gasteiger partial charge on any atom is -0.374 e. The molecule has 4 nitrogen and oxygen atoms in total. The van der Waals surface area contributed by atoms with Gasteiger partial charge in [0, 0.05) is 19.6 Å². The monoisotopic (exact) mass is 256 g/mol. The summed E-state index contributed by atoms with van der Waals surface area (Å²) in [5, 5.41) is 6.31. The van der Waals surface area contributed by atoms with E-state index in [0.29, 0.717) is 19.6 Å². The van der Waals surface area contributed by atoms with Gasteiger partial charge in [-0.15, -0.1) is 0 Å². The number of piperidine rings is 1.